The van der Waals surface area contributed by atoms with E-state index >= 15 is 0 Å². The summed E-state index contributed by atoms with van der Waals surface area (Å²) in [4.78, 5) is 24.3. The molecule has 21 heavy (non-hydrogen) atoms. The van der Waals surface area contributed by atoms with Gasteiger partial charge in [-0.2, -0.15) is 0 Å². The molecule has 2 amide bonds. The van der Waals surface area contributed by atoms with Crippen molar-refractivity contribution in [1.29, 1.82) is 0 Å². The number of urea groups is 1. The van der Waals surface area contributed by atoms with Crippen LogP contribution in [0, 0.1) is 0 Å². The van der Waals surface area contributed by atoms with E-state index in [9.17, 15) is 9.59 Å². The number of rotatable bonds is 5. The van der Waals surface area contributed by atoms with E-state index in [1.807, 2.05) is 18.2 Å². The Morgan fingerprint density at radius 2 is 2.00 bits per heavy atom. The Hall–Kier alpha value is -2.04. The molecule has 1 saturated carbocycles. The number of carboxylic acid groups (broad SMARTS) is 1. The lowest BCUT2D eigenvalue weighted by Crippen LogP contribution is -2.45. The van der Waals surface area contributed by atoms with Crippen LogP contribution in [-0.2, 0) is 4.79 Å². The van der Waals surface area contributed by atoms with Gasteiger partial charge in [-0.15, -0.1) is 0 Å². The van der Waals surface area contributed by atoms with Crippen LogP contribution in [0.5, 0.6) is 0 Å². The predicted octanol–water partition coefficient (Wildman–Crippen LogP) is 2.44. The van der Waals surface area contributed by atoms with Crippen LogP contribution in [0.4, 0.5) is 4.79 Å². The minimum absolute atomic E-state index is 0.0492. The molecule has 5 heteroatoms. The Balaban J connectivity index is 1.96. The summed E-state index contributed by atoms with van der Waals surface area (Å²) in [6.45, 7) is 0.168. The van der Waals surface area contributed by atoms with E-state index < -0.39 is 5.97 Å². The summed E-state index contributed by atoms with van der Waals surface area (Å²) < 4.78 is 0. The summed E-state index contributed by atoms with van der Waals surface area (Å²) in [6.07, 6.45) is 3.13. The highest BCUT2D eigenvalue weighted by atomic mass is 16.4. The Kier molecular flexibility index (Phi) is 5.20. The molecule has 1 aliphatic carbocycles. The summed E-state index contributed by atoms with van der Waals surface area (Å²) in [5, 5.41) is 11.3. The second-order valence-electron chi connectivity index (χ2n) is 5.50. The third-order valence-electron chi connectivity index (χ3n) is 4.14. The molecule has 1 aliphatic rings. The molecule has 2 N–H and O–H groups in total. The van der Waals surface area contributed by atoms with E-state index in [4.69, 9.17) is 5.11 Å². The van der Waals surface area contributed by atoms with Crippen molar-refractivity contribution >= 4 is 12.0 Å². The van der Waals surface area contributed by atoms with E-state index in [0.717, 1.165) is 19.3 Å². The van der Waals surface area contributed by atoms with Crippen molar-refractivity contribution in [2.24, 2.45) is 0 Å². The van der Waals surface area contributed by atoms with Crippen LogP contribution >= 0.6 is 0 Å². The number of carbonyl (C=O) groups excluding carboxylic acids is 1. The smallest absolute Gasteiger partial charge is 0.317 e. The third-order valence-corrected chi connectivity index (χ3v) is 4.14. The van der Waals surface area contributed by atoms with Crippen molar-refractivity contribution in [3.63, 3.8) is 0 Å². The van der Waals surface area contributed by atoms with Gasteiger partial charge in [0.05, 0.1) is 6.42 Å². The first kappa shape index (κ1) is 15.4. The average Bonchev–Trinajstić information content (AvgIpc) is 2.96. The van der Waals surface area contributed by atoms with Crippen molar-refractivity contribution in [2.45, 2.75) is 37.6 Å². The third kappa shape index (κ3) is 3.97. The molecule has 0 aliphatic heterocycles. The summed E-state index contributed by atoms with van der Waals surface area (Å²) >= 11 is 0. The lowest BCUT2D eigenvalue weighted by atomic mass is 9.93. The van der Waals surface area contributed by atoms with Crippen molar-refractivity contribution in [3.8, 4) is 0 Å². The molecule has 5 nitrogen and oxygen atoms in total. The van der Waals surface area contributed by atoms with E-state index in [0.29, 0.717) is 5.92 Å². The Labute approximate surface area is 125 Å². The van der Waals surface area contributed by atoms with Gasteiger partial charge in [0, 0.05) is 25.6 Å². The maximum Gasteiger partial charge on any atom is 0.317 e. The normalized spacial score (nSPS) is 21.0. The number of hydrogen-bond acceptors (Lipinski definition) is 2. The molecule has 1 aromatic rings. The van der Waals surface area contributed by atoms with Crippen LogP contribution in [0.25, 0.3) is 0 Å². The van der Waals surface area contributed by atoms with Gasteiger partial charge in [-0.25, -0.2) is 4.79 Å². The van der Waals surface area contributed by atoms with E-state index in [1.54, 1.807) is 11.9 Å². The summed E-state index contributed by atoms with van der Waals surface area (Å²) in [7, 11) is 1.79. The molecule has 1 aromatic carbocycles. The first-order chi connectivity index (χ1) is 10.1. The molecule has 0 spiro atoms. The fourth-order valence-corrected chi connectivity index (χ4v) is 3.04. The number of hydrogen-bond donors (Lipinski definition) is 2. The highest BCUT2D eigenvalue weighted by Crippen LogP contribution is 2.37. The first-order valence-electron chi connectivity index (χ1n) is 7.37. The van der Waals surface area contributed by atoms with Gasteiger partial charge in [0.15, 0.2) is 0 Å². The minimum Gasteiger partial charge on any atom is -0.481 e. The number of aliphatic carboxylic acids is 1. The van der Waals surface area contributed by atoms with Gasteiger partial charge in [0.2, 0.25) is 0 Å². The molecule has 114 valence electrons. The minimum atomic E-state index is -0.902. The lowest BCUT2D eigenvalue weighted by molar-refractivity contribution is -0.136. The number of carboxylic acids is 1. The average molecular weight is 290 g/mol. The number of carbonyl (C=O) groups is 2. The Morgan fingerprint density at radius 3 is 2.67 bits per heavy atom. The molecular weight excluding hydrogens is 268 g/mol. The van der Waals surface area contributed by atoms with Crippen molar-refractivity contribution < 1.29 is 14.7 Å². The van der Waals surface area contributed by atoms with Gasteiger partial charge in [0.1, 0.15) is 0 Å². The van der Waals surface area contributed by atoms with Gasteiger partial charge in [0.25, 0.3) is 0 Å². The zero-order chi connectivity index (χ0) is 15.2. The fourth-order valence-electron chi connectivity index (χ4n) is 3.04. The van der Waals surface area contributed by atoms with Gasteiger partial charge in [-0.3, -0.25) is 4.79 Å². The number of nitrogens with zero attached hydrogens (tertiary/aromatic N) is 1. The van der Waals surface area contributed by atoms with Crippen LogP contribution in [-0.4, -0.2) is 41.6 Å². The number of amides is 2. The zero-order valence-electron chi connectivity index (χ0n) is 12.3. The summed E-state index contributed by atoms with van der Waals surface area (Å²) in [6, 6.07) is 10.3. The topological polar surface area (TPSA) is 69.6 Å². The largest absolute Gasteiger partial charge is 0.481 e. The van der Waals surface area contributed by atoms with Crippen LogP contribution in [0.3, 0.4) is 0 Å². The monoisotopic (exact) mass is 290 g/mol. The highest BCUT2D eigenvalue weighted by Gasteiger charge is 2.33. The SMILES string of the molecule is CN(C(=O)NCCC(=O)O)C1CCCC1c1ccccc1. The molecule has 0 radical (unpaired) electrons. The molecule has 1 fully saturated rings. The van der Waals surface area contributed by atoms with Crippen molar-refractivity contribution in [2.75, 3.05) is 13.6 Å². The maximum absolute atomic E-state index is 12.1. The predicted molar refractivity (Wildman–Crippen MR) is 80.2 cm³/mol. The molecule has 2 unspecified atom stereocenters. The molecular formula is C16H22N2O3. The molecule has 0 heterocycles. The quantitative estimate of drug-likeness (QED) is 0.875. The van der Waals surface area contributed by atoms with Crippen LogP contribution in [0.2, 0.25) is 0 Å². The second kappa shape index (κ2) is 7.11. The highest BCUT2D eigenvalue weighted by molar-refractivity contribution is 5.75. The molecule has 0 bridgehead atoms. The molecule has 2 atom stereocenters. The number of benzene rings is 1. The standard InChI is InChI=1S/C16H22N2O3/c1-18(16(21)17-11-10-15(19)20)14-9-5-8-13(14)12-6-3-2-4-7-12/h2-4,6-7,13-14H,5,8-11H2,1H3,(H,17,21)(H,19,20). The first-order valence-corrected chi connectivity index (χ1v) is 7.37. The Bertz CT molecular complexity index is 490. The maximum atomic E-state index is 12.1. The van der Waals surface area contributed by atoms with Gasteiger partial charge < -0.3 is 15.3 Å². The lowest BCUT2D eigenvalue weighted by Gasteiger charge is -2.30. The molecule has 2 rings (SSSR count). The van der Waals surface area contributed by atoms with Crippen LogP contribution < -0.4 is 5.32 Å². The van der Waals surface area contributed by atoms with E-state index in [1.165, 1.54) is 5.56 Å². The molecule has 0 aromatic heterocycles. The Morgan fingerprint density at radius 1 is 1.29 bits per heavy atom. The van der Waals surface area contributed by atoms with Crippen molar-refractivity contribution in [3.05, 3.63) is 35.9 Å². The summed E-state index contributed by atoms with van der Waals surface area (Å²) in [5.74, 6) is -0.539. The van der Waals surface area contributed by atoms with Crippen LogP contribution in [0.15, 0.2) is 30.3 Å². The van der Waals surface area contributed by atoms with Crippen LogP contribution in [0.1, 0.15) is 37.2 Å². The molecule has 0 saturated heterocycles. The van der Waals surface area contributed by atoms with Gasteiger partial charge >= 0.3 is 12.0 Å². The fraction of sp³-hybridized carbons (Fsp3) is 0.500. The number of likely N-dealkylation sites (N-methyl/N-ethyl adjacent to an activating group) is 1. The van der Waals surface area contributed by atoms with E-state index in [2.05, 4.69) is 17.4 Å². The second-order valence-corrected chi connectivity index (χ2v) is 5.50. The van der Waals surface area contributed by atoms with Crippen molar-refractivity contribution in [1.82, 2.24) is 10.2 Å². The van der Waals surface area contributed by atoms with E-state index in [-0.39, 0.29) is 25.0 Å². The summed E-state index contributed by atoms with van der Waals surface area (Å²) in [5.41, 5.74) is 1.27. The number of nitrogens with one attached hydrogen (secondary N) is 1. The van der Waals surface area contributed by atoms with Gasteiger partial charge in [-0.05, 0) is 18.4 Å². The zero-order valence-corrected chi connectivity index (χ0v) is 12.3. The van der Waals surface area contributed by atoms with Gasteiger partial charge in [-0.1, -0.05) is 36.8 Å².